The van der Waals surface area contributed by atoms with Crippen LogP contribution in [0.5, 0.6) is 0 Å². The van der Waals surface area contributed by atoms with Crippen LogP contribution in [0.25, 0.3) is 0 Å². The molecule has 0 radical (unpaired) electrons. The monoisotopic (exact) mass is 319 g/mol. The topological polar surface area (TPSA) is 79.9 Å². The van der Waals surface area contributed by atoms with Crippen LogP contribution in [0.3, 0.4) is 0 Å². The van der Waals surface area contributed by atoms with E-state index in [1.807, 2.05) is 0 Å². The SMILES string of the molecule is COC1CC(C2(O)C(N)=NC3CCC(Cl)CC32)C(F)CN1. The number of alkyl halides is 2. The van der Waals surface area contributed by atoms with Gasteiger partial charge < -0.3 is 15.6 Å². The molecule has 0 aromatic heterocycles. The molecular weight excluding hydrogens is 297 g/mol. The third kappa shape index (κ3) is 2.46. The Kier molecular flexibility index (Phi) is 4.16. The second-order valence-electron chi connectivity index (χ2n) is 6.41. The van der Waals surface area contributed by atoms with Gasteiger partial charge in [-0.3, -0.25) is 10.3 Å². The van der Waals surface area contributed by atoms with Gasteiger partial charge in [0.2, 0.25) is 0 Å². The van der Waals surface area contributed by atoms with Gasteiger partial charge in [0.1, 0.15) is 23.8 Å². The molecule has 5 nitrogen and oxygen atoms in total. The van der Waals surface area contributed by atoms with E-state index in [4.69, 9.17) is 22.1 Å². The lowest BCUT2D eigenvalue weighted by Crippen LogP contribution is -2.62. The third-order valence-corrected chi connectivity index (χ3v) is 5.72. The fraction of sp³-hybridized carbons (Fsp3) is 0.929. The van der Waals surface area contributed by atoms with E-state index < -0.39 is 17.7 Å². The molecule has 1 aliphatic carbocycles. The molecule has 1 saturated heterocycles. The Hall–Kier alpha value is -0.430. The van der Waals surface area contributed by atoms with Crippen LogP contribution in [0.1, 0.15) is 25.7 Å². The number of nitrogens with two attached hydrogens (primary N) is 1. The molecule has 0 aromatic rings. The van der Waals surface area contributed by atoms with Crippen LogP contribution in [0.2, 0.25) is 0 Å². The van der Waals surface area contributed by atoms with Gasteiger partial charge in [0, 0.05) is 30.9 Å². The van der Waals surface area contributed by atoms with E-state index in [-0.39, 0.29) is 35.9 Å². The molecule has 0 aromatic carbocycles. The van der Waals surface area contributed by atoms with Crippen LogP contribution in [-0.2, 0) is 4.74 Å². The Morgan fingerprint density at radius 3 is 2.90 bits per heavy atom. The summed E-state index contributed by atoms with van der Waals surface area (Å²) in [6.45, 7) is 0.153. The number of methoxy groups -OCH3 is 1. The third-order valence-electron chi connectivity index (χ3n) is 5.33. The number of aliphatic imine (C=N–C) groups is 1. The van der Waals surface area contributed by atoms with Crippen molar-refractivity contribution in [3.63, 3.8) is 0 Å². The number of nitrogens with zero attached hydrogens (tertiary/aromatic N) is 1. The Morgan fingerprint density at radius 1 is 1.43 bits per heavy atom. The van der Waals surface area contributed by atoms with Gasteiger partial charge in [-0.25, -0.2) is 4.39 Å². The minimum atomic E-state index is -1.41. The summed E-state index contributed by atoms with van der Waals surface area (Å²) >= 11 is 6.26. The summed E-state index contributed by atoms with van der Waals surface area (Å²) in [7, 11) is 1.57. The van der Waals surface area contributed by atoms with E-state index in [9.17, 15) is 9.50 Å². The van der Waals surface area contributed by atoms with Gasteiger partial charge in [0.05, 0.1) is 6.04 Å². The van der Waals surface area contributed by atoms with Gasteiger partial charge in [-0.15, -0.1) is 11.6 Å². The first-order chi connectivity index (χ1) is 9.96. The number of rotatable bonds is 2. The summed E-state index contributed by atoms with van der Waals surface area (Å²) in [4.78, 5) is 4.42. The van der Waals surface area contributed by atoms with E-state index in [1.165, 1.54) is 0 Å². The molecule has 1 saturated carbocycles. The highest BCUT2D eigenvalue weighted by Gasteiger charge is 2.58. The first-order valence-corrected chi connectivity index (χ1v) is 8.00. The van der Waals surface area contributed by atoms with Crippen LogP contribution in [-0.4, -0.2) is 54.0 Å². The fourth-order valence-electron chi connectivity index (χ4n) is 4.15. The van der Waals surface area contributed by atoms with Gasteiger partial charge in [-0.2, -0.15) is 0 Å². The molecule has 7 heteroatoms. The Labute approximate surface area is 129 Å². The van der Waals surface area contributed by atoms with Gasteiger partial charge in [-0.05, 0) is 25.7 Å². The van der Waals surface area contributed by atoms with Crippen molar-refractivity contribution in [3.8, 4) is 0 Å². The standard InChI is InChI=1S/C14H23ClFN3O2/c1-21-12-5-8(10(16)6-18-12)14(20)9-4-7(15)2-3-11(9)19-13(14)17/h7-12,18,20H,2-6H2,1H3,(H2,17,19). The summed E-state index contributed by atoms with van der Waals surface area (Å²) in [5.41, 5.74) is 4.62. The number of hydrogen-bond acceptors (Lipinski definition) is 5. The summed E-state index contributed by atoms with van der Waals surface area (Å²) in [5, 5.41) is 14.2. The molecule has 7 atom stereocenters. The molecule has 3 rings (SSSR count). The lowest BCUT2D eigenvalue weighted by Gasteiger charge is -2.45. The molecule has 2 aliphatic heterocycles. The number of hydrogen-bond donors (Lipinski definition) is 3. The molecule has 21 heavy (non-hydrogen) atoms. The Morgan fingerprint density at radius 2 is 2.19 bits per heavy atom. The average molecular weight is 320 g/mol. The lowest BCUT2D eigenvalue weighted by atomic mass is 9.67. The smallest absolute Gasteiger partial charge is 0.132 e. The van der Waals surface area contributed by atoms with E-state index in [2.05, 4.69) is 10.3 Å². The molecular formula is C14H23ClFN3O2. The minimum absolute atomic E-state index is 0.00289. The van der Waals surface area contributed by atoms with Crippen molar-refractivity contribution >= 4 is 17.4 Å². The predicted octanol–water partition coefficient (Wildman–Crippen LogP) is 0.784. The molecule has 7 unspecified atom stereocenters. The van der Waals surface area contributed by atoms with E-state index in [0.717, 1.165) is 12.8 Å². The lowest BCUT2D eigenvalue weighted by molar-refractivity contribution is -0.0903. The second-order valence-corrected chi connectivity index (χ2v) is 7.03. The number of halogens is 2. The summed E-state index contributed by atoms with van der Waals surface area (Å²) in [5.74, 6) is -0.621. The number of piperidine rings is 1. The average Bonchev–Trinajstić information content (AvgIpc) is 2.72. The largest absolute Gasteiger partial charge is 0.385 e. The van der Waals surface area contributed by atoms with Crippen molar-refractivity contribution in [1.29, 1.82) is 0 Å². The number of ether oxygens (including phenoxy) is 1. The normalized spacial score (nSPS) is 50.6. The molecule has 0 spiro atoms. The van der Waals surface area contributed by atoms with Crippen molar-refractivity contribution in [2.75, 3.05) is 13.7 Å². The van der Waals surface area contributed by atoms with Crippen LogP contribution in [0.4, 0.5) is 4.39 Å². The maximum atomic E-state index is 14.5. The van der Waals surface area contributed by atoms with Crippen molar-refractivity contribution < 1.29 is 14.2 Å². The zero-order valence-corrected chi connectivity index (χ0v) is 12.9. The molecule has 120 valence electrons. The first-order valence-electron chi connectivity index (χ1n) is 7.57. The predicted molar refractivity (Wildman–Crippen MR) is 79.1 cm³/mol. The van der Waals surface area contributed by atoms with Crippen molar-refractivity contribution in [2.45, 2.75) is 55.1 Å². The highest BCUT2D eigenvalue weighted by molar-refractivity contribution is 6.20. The Bertz CT molecular complexity index is 438. The molecule has 2 fully saturated rings. The maximum Gasteiger partial charge on any atom is 0.132 e. The second kappa shape index (κ2) is 5.65. The van der Waals surface area contributed by atoms with Crippen molar-refractivity contribution in [1.82, 2.24) is 5.32 Å². The van der Waals surface area contributed by atoms with Crippen LogP contribution in [0.15, 0.2) is 4.99 Å². The number of nitrogens with one attached hydrogen (secondary N) is 1. The summed E-state index contributed by atoms with van der Waals surface area (Å²) in [6, 6.07) is -0.0342. The molecule has 2 heterocycles. The van der Waals surface area contributed by atoms with E-state index in [0.29, 0.717) is 12.8 Å². The van der Waals surface area contributed by atoms with Gasteiger partial charge in [0.15, 0.2) is 0 Å². The number of aliphatic hydroxyl groups is 1. The first kappa shape index (κ1) is 15.5. The van der Waals surface area contributed by atoms with E-state index >= 15 is 0 Å². The molecule has 0 bridgehead atoms. The van der Waals surface area contributed by atoms with Gasteiger partial charge in [0.25, 0.3) is 0 Å². The van der Waals surface area contributed by atoms with Crippen molar-refractivity contribution in [3.05, 3.63) is 0 Å². The molecule has 0 amide bonds. The quantitative estimate of drug-likeness (QED) is 0.657. The summed E-state index contributed by atoms with van der Waals surface area (Å²) < 4.78 is 19.7. The number of amidine groups is 1. The van der Waals surface area contributed by atoms with Crippen LogP contribution >= 0.6 is 11.6 Å². The highest BCUT2D eigenvalue weighted by atomic mass is 35.5. The van der Waals surface area contributed by atoms with Crippen LogP contribution < -0.4 is 11.1 Å². The molecule has 4 N–H and O–H groups in total. The zero-order valence-electron chi connectivity index (χ0n) is 12.1. The highest BCUT2D eigenvalue weighted by Crippen LogP contribution is 2.47. The van der Waals surface area contributed by atoms with E-state index in [1.54, 1.807) is 7.11 Å². The Balaban J connectivity index is 1.88. The number of fused-ring (bicyclic) bond motifs is 1. The van der Waals surface area contributed by atoms with Gasteiger partial charge >= 0.3 is 0 Å². The maximum absolute atomic E-state index is 14.5. The molecule has 3 aliphatic rings. The minimum Gasteiger partial charge on any atom is -0.385 e. The van der Waals surface area contributed by atoms with Gasteiger partial charge in [-0.1, -0.05) is 0 Å². The van der Waals surface area contributed by atoms with Crippen LogP contribution in [0, 0.1) is 11.8 Å². The fourth-order valence-corrected chi connectivity index (χ4v) is 4.47. The summed E-state index contributed by atoms with van der Waals surface area (Å²) in [6.07, 6.45) is 1.22. The zero-order chi connectivity index (χ0) is 15.2. The van der Waals surface area contributed by atoms with Crippen molar-refractivity contribution in [2.24, 2.45) is 22.6 Å².